The van der Waals surface area contributed by atoms with Crippen molar-refractivity contribution in [1.82, 2.24) is 15.2 Å². The summed E-state index contributed by atoms with van der Waals surface area (Å²) >= 11 is 1.66. The number of hydrogen-bond acceptors (Lipinski definition) is 5. The third-order valence-electron chi connectivity index (χ3n) is 5.71. The molecule has 32 heavy (non-hydrogen) atoms. The second-order valence-electron chi connectivity index (χ2n) is 8.04. The van der Waals surface area contributed by atoms with Crippen LogP contribution in [0.2, 0.25) is 0 Å². The highest BCUT2D eigenvalue weighted by atomic mass is 32.1. The Labute approximate surface area is 192 Å². The smallest absolute Gasteiger partial charge is 0.221 e. The number of amides is 1. The lowest BCUT2D eigenvalue weighted by Crippen LogP contribution is -2.33. The van der Waals surface area contributed by atoms with E-state index in [2.05, 4.69) is 15.2 Å². The molecule has 1 aliphatic rings. The van der Waals surface area contributed by atoms with Gasteiger partial charge in [0, 0.05) is 48.6 Å². The van der Waals surface area contributed by atoms with Gasteiger partial charge in [0.2, 0.25) is 5.91 Å². The normalized spacial score (nSPS) is 16.1. The number of ether oxygens (including phenoxy) is 1. The van der Waals surface area contributed by atoms with E-state index in [9.17, 15) is 9.18 Å². The Hall–Kier alpha value is -2.77. The predicted molar refractivity (Wildman–Crippen MR) is 124 cm³/mol. The minimum absolute atomic E-state index is 0.0342. The van der Waals surface area contributed by atoms with E-state index in [1.165, 1.54) is 10.9 Å². The van der Waals surface area contributed by atoms with Crippen LogP contribution < -0.4 is 10.1 Å². The van der Waals surface area contributed by atoms with Crippen molar-refractivity contribution in [1.29, 1.82) is 0 Å². The molecule has 7 heteroatoms. The fraction of sp³-hybridized carbons (Fsp3) is 0.360. The molecule has 3 aromatic rings. The van der Waals surface area contributed by atoms with Crippen LogP contribution in [-0.2, 0) is 17.8 Å². The first-order chi connectivity index (χ1) is 15.6. The first-order valence-corrected chi connectivity index (χ1v) is 11.8. The third kappa shape index (κ3) is 5.72. The second-order valence-corrected chi connectivity index (χ2v) is 8.97. The van der Waals surface area contributed by atoms with Gasteiger partial charge in [0.1, 0.15) is 17.7 Å². The Morgan fingerprint density at radius 1 is 1.25 bits per heavy atom. The van der Waals surface area contributed by atoms with Crippen molar-refractivity contribution >= 4 is 17.2 Å². The van der Waals surface area contributed by atoms with E-state index in [4.69, 9.17) is 4.74 Å². The first kappa shape index (κ1) is 22.4. The molecule has 5 nitrogen and oxygen atoms in total. The molecule has 168 valence electrons. The quantitative estimate of drug-likeness (QED) is 0.504. The molecule has 2 heterocycles. The summed E-state index contributed by atoms with van der Waals surface area (Å²) in [6, 6.07) is 14.6. The van der Waals surface area contributed by atoms with Crippen molar-refractivity contribution in [3.8, 4) is 5.75 Å². The number of aromatic nitrogens is 1. The monoisotopic (exact) mass is 453 g/mol. The van der Waals surface area contributed by atoms with Gasteiger partial charge in [-0.25, -0.2) is 9.37 Å². The van der Waals surface area contributed by atoms with Gasteiger partial charge in [0.25, 0.3) is 0 Å². The van der Waals surface area contributed by atoms with Crippen molar-refractivity contribution in [2.45, 2.75) is 38.8 Å². The van der Waals surface area contributed by atoms with Crippen LogP contribution in [0.5, 0.6) is 5.75 Å². The molecule has 1 unspecified atom stereocenters. The number of aryl methyl sites for hydroxylation is 2. The summed E-state index contributed by atoms with van der Waals surface area (Å²) in [5.41, 5.74) is 4.53. The summed E-state index contributed by atoms with van der Waals surface area (Å²) in [5, 5.41) is 3.02. The van der Waals surface area contributed by atoms with E-state index < -0.39 is 6.10 Å². The molecule has 1 atom stereocenters. The average Bonchev–Trinajstić information content (AvgIpc) is 3.10. The van der Waals surface area contributed by atoms with Gasteiger partial charge in [-0.2, -0.15) is 0 Å². The first-order valence-electron chi connectivity index (χ1n) is 11.0. The number of para-hydroxylation sites is 1. The highest BCUT2D eigenvalue weighted by Gasteiger charge is 2.26. The van der Waals surface area contributed by atoms with Gasteiger partial charge >= 0.3 is 0 Å². The summed E-state index contributed by atoms with van der Waals surface area (Å²) in [4.78, 5) is 20.1. The zero-order valence-electron chi connectivity index (χ0n) is 18.2. The minimum atomic E-state index is -0.425. The number of hydrogen-bond donors (Lipinski definition) is 1. The molecule has 1 aromatic heterocycles. The summed E-state index contributed by atoms with van der Waals surface area (Å²) in [6.45, 7) is 4.44. The van der Waals surface area contributed by atoms with Gasteiger partial charge in [-0.1, -0.05) is 36.4 Å². The average molecular weight is 454 g/mol. The summed E-state index contributed by atoms with van der Waals surface area (Å²) in [5.74, 6) is 0.531. The van der Waals surface area contributed by atoms with Gasteiger partial charge in [-0.15, -0.1) is 11.3 Å². The molecular weight excluding hydrogens is 425 g/mol. The molecule has 0 bridgehead atoms. The molecule has 0 fully saturated rings. The maximum absolute atomic E-state index is 14.5. The fourth-order valence-corrected chi connectivity index (χ4v) is 4.76. The van der Waals surface area contributed by atoms with Gasteiger partial charge in [-0.3, -0.25) is 9.69 Å². The molecule has 0 radical (unpaired) electrons. The Balaban J connectivity index is 1.33. The Morgan fingerprint density at radius 3 is 2.88 bits per heavy atom. The molecule has 0 saturated carbocycles. The minimum Gasteiger partial charge on any atom is -0.484 e. The second kappa shape index (κ2) is 10.7. The van der Waals surface area contributed by atoms with Crippen molar-refractivity contribution in [3.63, 3.8) is 0 Å². The molecular formula is C25H28FN3O2S. The lowest BCUT2D eigenvalue weighted by molar-refractivity contribution is -0.121. The molecule has 1 amide bonds. The maximum Gasteiger partial charge on any atom is 0.221 e. The van der Waals surface area contributed by atoms with Gasteiger partial charge in [0.15, 0.2) is 0 Å². The number of nitrogens with zero attached hydrogens (tertiary/aromatic N) is 2. The van der Waals surface area contributed by atoms with Crippen LogP contribution >= 0.6 is 11.3 Å². The number of carbonyl (C=O) groups excluding carboxylic acids is 1. The van der Waals surface area contributed by atoms with Crippen LogP contribution in [-0.4, -0.2) is 35.4 Å². The molecule has 0 spiro atoms. The van der Waals surface area contributed by atoms with E-state index in [1.54, 1.807) is 23.5 Å². The highest BCUT2D eigenvalue weighted by molar-refractivity contribution is 7.09. The van der Waals surface area contributed by atoms with Crippen molar-refractivity contribution in [2.24, 2.45) is 0 Å². The van der Waals surface area contributed by atoms with Crippen LogP contribution in [0.1, 0.15) is 40.6 Å². The molecule has 1 aliphatic heterocycles. The number of rotatable bonds is 8. The molecule has 4 rings (SSSR count). The third-order valence-corrected chi connectivity index (χ3v) is 6.71. The van der Waals surface area contributed by atoms with E-state index in [1.807, 2.05) is 42.8 Å². The predicted octanol–water partition coefficient (Wildman–Crippen LogP) is 4.67. The number of carbonyl (C=O) groups is 1. The Morgan fingerprint density at radius 2 is 2.06 bits per heavy atom. The summed E-state index contributed by atoms with van der Waals surface area (Å²) in [6.07, 6.45) is 1.80. The van der Waals surface area contributed by atoms with E-state index >= 15 is 0 Å². The molecule has 1 N–H and O–H groups in total. The lowest BCUT2D eigenvalue weighted by Gasteiger charge is -2.24. The van der Waals surface area contributed by atoms with Crippen LogP contribution in [0.25, 0.3) is 0 Å². The van der Waals surface area contributed by atoms with Crippen molar-refractivity contribution < 1.29 is 13.9 Å². The largest absolute Gasteiger partial charge is 0.484 e. The number of fused-ring (bicyclic) bond motifs is 1. The molecule has 0 saturated heterocycles. The van der Waals surface area contributed by atoms with Crippen LogP contribution in [0.3, 0.4) is 0 Å². The number of halogens is 1. The lowest BCUT2D eigenvalue weighted by atomic mass is 10.1. The maximum atomic E-state index is 14.5. The van der Waals surface area contributed by atoms with Crippen molar-refractivity contribution in [2.75, 3.05) is 19.6 Å². The van der Waals surface area contributed by atoms with E-state index in [0.29, 0.717) is 38.2 Å². The zero-order chi connectivity index (χ0) is 22.3. The summed E-state index contributed by atoms with van der Waals surface area (Å²) in [7, 11) is 0. The topological polar surface area (TPSA) is 54.5 Å². The van der Waals surface area contributed by atoms with Crippen LogP contribution in [0.15, 0.2) is 54.0 Å². The van der Waals surface area contributed by atoms with Gasteiger partial charge in [0.05, 0.1) is 11.2 Å². The van der Waals surface area contributed by atoms with E-state index in [-0.39, 0.29) is 11.7 Å². The highest BCUT2D eigenvalue weighted by Crippen LogP contribution is 2.32. The Kier molecular flexibility index (Phi) is 7.50. The number of benzene rings is 2. The van der Waals surface area contributed by atoms with Crippen molar-refractivity contribution in [3.05, 3.63) is 81.6 Å². The summed E-state index contributed by atoms with van der Waals surface area (Å²) < 4.78 is 20.7. The van der Waals surface area contributed by atoms with Gasteiger partial charge < -0.3 is 10.1 Å². The van der Waals surface area contributed by atoms with E-state index in [0.717, 1.165) is 29.8 Å². The number of thiazole rings is 1. The fourth-order valence-electron chi connectivity index (χ4n) is 3.94. The molecule has 0 aliphatic carbocycles. The zero-order valence-corrected chi connectivity index (χ0v) is 19.0. The standard InChI is InChI=1S/C25H28FN3O2S/c1-18-24(32-17-28-18)11-6-13-27-25(30)12-14-29-15-19-7-2-5-10-22(19)31-23(16-29)20-8-3-4-9-21(20)26/h2-5,7-10,17,23H,6,11-16H2,1H3,(H,27,30). The van der Waals surface area contributed by atoms with Gasteiger partial charge in [-0.05, 0) is 31.9 Å². The number of nitrogens with one attached hydrogen (secondary N) is 1. The van der Waals surface area contributed by atoms with Crippen LogP contribution in [0, 0.1) is 12.7 Å². The Bertz CT molecular complexity index is 1050. The van der Waals surface area contributed by atoms with Crippen LogP contribution in [0.4, 0.5) is 4.39 Å². The molecule has 2 aromatic carbocycles. The SMILES string of the molecule is Cc1ncsc1CCCNC(=O)CCN1Cc2ccccc2OC(c2ccccc2F)C1.